The van der Waals surface area contributed by atoms with Crippen LogP contribution in [-0.2, 0) is 9.53 Å². The van der Waals surface area contributed by atoms with Crippen molar-refractivity contribution in [2.45, 2.75) is 39.2 Å². The van der Waals surface area contributed by atoms with Crippen LogP contribution in [0.4, 0.5) is 10.5 Å². The number of ether oxygens (including phenoxy) is 2. The molecule has 1 atom stereocenters. The summed E-state index contributed by atoms with van der Waals surface area (Å²) in [5, 5.41) is 2.63. The highest BCUT2D eigenvalue weighted by Gasteiger charge is 2.17. The number of hydrogen-bond donors (Lipinski definition) is 1. The van der Waals surface area contributed by atoms with Gasteiger partial charge in [-0.25, -0.2) is 4.79 Å². The van der Waals surface area contributed by atoms with Crippen molar-refractivity contribution < 1.29 is 19.1 Å². The van der Waals surface area contributed by atoms with Crippen LogP contribution in [0.15, 0.2) is 18.2 Å². The van der Waals surface area contributed by atoms with Crippen molar-refractivity contribution >= 4 is 18.1 Å². The summed E-state index contributed by atoms with van der Waals surface area (Å²) >= 11 is 0. The number of rotatable bonds is 4. The van der Waals surface area contributed by atoms with Gasteiger partial charge in [0.1, 0.15) is 17.6 Å². The molecule has 0 aromatic heterocycles. The van der Waals surface area contributed by atoms with E-state index in [4.69, 9.17) is 9.47 Å². The van der Waals surface area contributed by atoms with Gasteiger partial charge in [-0.15, -0.1) is 0 Å². The lowest BCUT2D eigenvalue weighted by atomic mass is 10.0. The van der Waals surface area contributed by atoms with Gasteiger partial charge in [0.05, 0.1) is 7.11 Å². The van der Waals surface area contributed by atoms with Crippen LogP contribution in [0.1, 0.15) is 39.2 Å². The molecule has 0 bridgehead atoms. The Labute approximate surface area is 119 Å². The fourth-order valence-electron chi connectivity index (χ4n) is 1.66. The van der Waals surface area contributed by atoms with Crippen LogP contribution in [0.5, 0.6) is 5.75 Å². The SMILES string of the molecule is COc1cc(NC(=O)OC(C)(C)C)ccc1C(C)C=O. The van der Waals surface area contributed by atoms with Crippen molar-refractivity contribution in [2.24, 2.45) is 0 Å². The second kappa shape index (κ2) is 6.41. The Hall–Kier alpha value is -2.04. The first-order valence-electron chi connectivity index (χ1n) is 6.40. The number of hydrogen-bond acceptors (Lipinski definition) is 4. The molecular weight excluding hydrogens is 258 g/mol. The first-order valence-corrected chi connectivity index (χ1v) is 6.40. The first kappa shape index (κ1) is 16.0. The number of nitrogens with one attached hydrogen (secondary N) is 1. The summed E-state index contributed by atoms with van der Waals surface area (Å²) in [6.45, 7) is 7.16. The van der Waals surface area contributed by atoms with E-state index in [1.165, 1.54) is 7.11 Å². The molecular formula is C15H21NO4. The Morgan fingerprint density at radius 1 is 1.35 bits per heavy atom. The van der Waals surface area contributed by atoms with Gasteiger partial charge >= 0.3 is 6.09 Å². The average molecular weight is 279 g/mol. The predicted octanol–water partition coefficient (Wildman–Crippen LogP) is 3.34. The van der Waals surface area contributed by atoms with Crippen molar-refractivity contribution in [1.82, 2.24) is 0 Å². The molecule has 1 amide bonds. The highest BCUT2D eigenvalue weighted by atomic mass is 16.6. The maximum Gasteiger partial charge on any atom is 0.412 e. The lowest BCUT2D eigenvalue weighted by Crippen LogP contribution is -2.27. The minimum absolute atomic E-state index is 0.263. The van der Waals surface area contributed by atoms with Gasteiger partial charge in [-0.1, -0.05) is 13.0 Å². The number of benzene rings is 1. The summed E-state index contributed by atoms with van der Waals surface area (Å²) < 4.78 is 10.4. The molecule has 0 heterocycles. The Morgan fingerprint density at radius 2 is 2.00 bits per heavy atom. The van der Waals surface area contributed by atoms with Gasteiger partial charge in [-0.05, 0) is 26.8 Å². The summed E-state index contributed by atoms with van der Waals surface area (Å²) in [5.41, 5.74) is 0.773. The molecule has 5 heteroatoms. The zero-order valence-electron chi connectivity index (χ0n) is 12.5. The highest BCUT2D eigenvalue weighted by Crippen LogP contribution is 2.28. The third-order valence-corrected chi connectivity index (χ3v) is 2.57. The van der Waals surface area contributed by atoms with Gasteiger partial charge in [0.25, 0.3) is 0 Å². The van der Waals surface area contributed by atoms with E-state index in [2.05, 4.69) is 5.32 Å². The molecule has 1 aromatic rings. The number of aldehydes is 1. The molecule has 0 saturated heterocycles. The lowest BCUT2D eigenvalue weighted by Gasteiger charge is -2.20. The number of methoxy groups -OCH3 is 1. The molecule has 5 nitrogen and oxygen atoms in total. The molecule has 20 heavy (non-hydrogen) atoms. The fraction of sp³-hybridized carbons (Fsp3) is 0.467. The van der Waals surface area contributed by atoms with E-state index in [0.717, 1.165) is 11.8 Å². The maximum atomic E-state index is 11.7. The van der Waals surface area contributed by atoms with Crippen molar-refractivity contribution in [2.75, 3.05) is 12.4 Å². The monoisotopic (exact) mass is 279 g/mol. The topological polar surface area (TPSA) is 64.6 Å². The number of carbonyl (C=O) groups excluding carboxylic acids is 2. The summed E-state index contributed by atoms with van der Waals surface area (Å²) in [5.74, 6) is 0.290. The van der Waals surface area contributed by atoms with Crippen molar-refractivity contribution in [3.8, 4) is 5.75 Å². The van der Waals surface area contributed by atoms with Crippen LogP contribution < -0.4 is 10.1 Å². The summed E-state index contributed by atoms with van der Waals surface area (Å²) in [4.78, 5) is 22.5. The van der Waals surface area contributed by atoms with Crippen LogP contribution in [0, 0.1) is 0 Å². The molecule has 0 aliphatic heterocycles. The van der Waals surface area contributed by atoms with Crippen molar-refractivity contribution in [3.05, 3.63) is 23.8 Å². The van der Waals surface area contributed by atoms with Crippen LogP contribution in [0.3, 0.4) is 0 Å². The molecule has 1 aromatic carbocycles. The number of amides is 1. The Bertz CT molecular complexity index is 491. The molecule has 1 rings (SSSR count). The second-order valence-electron chi connectivity index (χ2n) is 5.51. The quantitative estimate of drug-likeness (QED) is 0.858. The molecule has 1 unspecified atom stereocenters. The van der Waals surface area contributed by atoms with E-state index in [1.54, 1.807) is 45.9 Å². The molecule has 0 spiro atoms. The van der Waals surface area contributed by atoms with E-state index in [-0.39, 0.29) is 5.92 Å². The molecule has 0 radical (unpaired) electrons. The second-order valence-corrected chi connectivity index (χ2v) is 5.51. The molecule has 0 aliphatic rings. The maximum absolute atomic E-state index is 11.7. The van der Waals surface area contributed by atoms with Crippen molar-refractivity contribution in [3.63, 3.8) is 0 Å². The normalized spacial score (nSPS) is 12.4. The average Bonchev–Trinajstić information content (AvgIpc) is 2.35. The van der Waals surface area contributed by atoms with E-state index in [9.17, 15) is 9.59 Å². The van der Waals surface area contributed by atoms with E-state index in [1.807, 2.05) is 0 Å². The van der Waals surface area contributed by atoms with Gasteiger partial charge < -0.3 is 14.3 Å². The Morgan fingerprint density at radius 3 is 2.50 bits per heavy atom. The minimum atomic E-state index is -0.555. The Kier molecular flexibility index (Phi) is 5.13. The molecule has 110 valence electrons. The van der Waals surface area contributed by atoms with E-state index in [0.29, 0.717) is 11.4 Å². The van der Waals surface area contributed by atoms with E-state index >= 15 is 0 Å². The Balaban J connectivity index is 2.88. The third-order valence-electron chi connectivity index (χ3n) is 2.57. The van der Waals surface area contributed by atoms with Crippen LogP contribution in [0.2, 0.25) is 0 Å². The first-order chi connectivity index (χ1) is 9.26. The van der Waals surface area contributed by atoms with Crippen LogP contribution in [-0.4, -0.2) is 25.1 Å². The zero-order chi connectivity index (χ0) is 15.3. The van der Waals surface area contributed by atoms with Gasteiger partial charge in [0.15, 0.2) is 0 Å². The van der Waals surface area contributed by atoms with Gasteiger partial charge in [0.2, 0.25) is 0 Å². The zero-order valence-corrected chi connectivity index (χ0v) is 12.5. The van der Waals surface area contributed by atoms with Crippen LogP contribution in [0.25, 0.3) is 0 Å². The summed E-state index contributed by atoms with van der Waals surface area (Å²) in [6.07, 6.45) is 0.314. The molecule has 0 aliphatic carbocycles. The minimum Gasteiger partial charge on any atom is -0.496 e. The third kappa shape index (κ3) is 4.57. The standard InChI is InChI=1S/C15H21NO4/c1-10(9-17)12-7-6-11(8-13(12)19-5)16-14(18)20-15(2,3)4/h6-10H,1-5H3,(H,16,18). The smallest absolute Gasteiger partial charge is 0.412 e. The fourth-order valence-corrected chi connectivity index (χ4v) is 1.66. The van der Waals surface area contributed by atoms with Gasteiger partial charge in [0, 0.05) is 23.2 Å². The molecule has 0 saturated carbocycles. The molecule has 0 fully saturated rings. The number of anilines is 1. The van der Waals surface area contributed by atoms with Crippen molar-refractivity contribution in [1.29, 1.82) is 0 Å². The van der Waals surface area contributed by atoms with Crippen LogP contribution >= 0.6 is 0 Å². The highest BCUT2D eigenvalue weighted by molar-refractivity contribution is 5.85. The number of carbonyl (C=O) groups is 2. The van der Waals surface area contributed by atoms with E-state index < -0.39 is 11.7 Å². The largest absolute Gasteiger partial charge is 0.496 e. The summed E-state index contributed by atoms with van der Waals surface area (Å²) in [7, 11) is 1.52. The van der Waals surface area contributed by atoms with Gasteiger partial charge in [-0.3, -0.25) is 5.32 Å². The molecule has 1 N–H and O–H groups in total. The summed E-state index contributed by atoms with van der Waals surface area (Å²) in [6, 6.07) is 5.13. The van der Waals surface area contributed by atoms with Gasteiger partial charge in [-0.2, -0.15) is 0 Å². The predicted molar refractivity (Wildman–Crippen MR) is 77.3 cm³/mol. The lowest BCUT2D eigenvalue weighted by molar-refractivity contribution is -0.108.